The van der Waals surface area contributed by atoms with E-state index in [0.717, 1.165) is 22.5 Å². The second-order valence-corrected chi connectivity index (χ2v) is 9.53. The molecule has 3 aromatic rings. The number of imide groups is 1. The van der Waals surface area contributed by atoms with Crippen molar-refractivity contribution in [2.75, 3.05) is 5.32 Å². The molecule has 6 nitrogen and oxygen atoms in total. The number of rotatable bonds is 6. The number of halogens is 1. The maximum absolute atomic E-state index is 13.1. The van der Waals surface area contributed by atoms with E-state index in [1.54, 1.807) is 30.3 Å². The minimum absolute atomic E-state index is 0.104. The zero-order chi connectivity index (χ0) is 23.0. The fourth-order valence-electron chi connectivity index (χ4n) is 3.45. The quantitative estimate of drug-likeness (QED) is 0.188. The van der Waals surface area contributed by atoms with Crippen LogP contribution in [0.1, 0.15) is 54.4 Å². The Morgan fingerprint density at radius 2 is 1.84 bits per heavy atom. The number of benzene rings is 2. The number of carbonyl (C=O) groups is 3. The Labute approximate surface area is 199 Å². The van der Waals surface area contributed by atoms with Crippen molar-refractivity contribution in [2.45, 2.75) is 19.4 Å². The number of nitrogens with zero attached hydrogens (tertiary/aromatic N) is 1. The average molecular weight is 484 g/mol. The normalized spacial score (nSPS) is 13.8. The van der Waals surface area contributed by atoms with Gasteiger partial charge in [0, 0.05) is 5.92 Å². The molecule has 1 atom stereocenters. The van der Waals surface area contributed by atoms with E-state index in [1.807, 2.05) is 31.2 Å². The zero-order valence-electron chi connectivity index (χ0n) is 16.9. The molecule has 0 saturated carbocycles. The summed E-state index contributed by atoms with van der Waals surface area (Å²) in [6.07, 6.45) is 0. The molecule has 162 valence electrons. The van der Waals surface area contributed by atoms with E-state index < -0.39 is 17.7 Å². The second-order valence-electron chi connectivity index (χ2n) is 7.33. The van der Waals surface area contributed by atoms with Gasteiger partial charge in [0.25, 0.3) is 17.7 Å². The Morgan fingerprint density at radius 1 is 1.12 bits per heavy atom. The van der Waals surface area contributed by atoms with Crippen molar-refractivity contribution in [1.29, 1.82) is 5.41 Å². The van der Waals surface area contributed by atoms with Crippen LogP contribution in [-0.4, -0.2) is 27.7 Å². The number of fused-ring (bicyclic) bond motifs is 1. The van der Waals surface area contributed by atoms with Crippen LogP contribution >= 0.6 is 35.6 Å². The molecule has 0 fully saturated rings. The molecule has 3 amide bonds. The highest BCUT2D eigenvalue weighted by Gasteiger charge is 2.37. The van der Waals surface area contributed by atoms with Crippen LogP contribution in [0.2, 0.25) is 4.34 Å². The summed E-state index contributed by atoms with van der Waals surface area (Å²) in [6.45, 7) is 1.99. The molecule has 1 aromatic heterocycles. The van der Waals surface area contributed by atoms with Crippen LogP contribution in [-0.2, 0) is 6.54 Å². The van der Waals surface area contributed by atoms with Gasteiger partial charge in [0.1, 0.15) is 0 Å². The number of nitrogens with one attached hydrogen (secondary N) is 2. The van der Waals surface area contributed by atoms with Crippen LogP contribution in [0.4, 0.5) is 5.69 Å². The van der Waals surface area contributed by atoms with E-state index >= 15 is 0 Å². The molecule has 2 N–H and O–H groups in total. The lowest BCUT2D eigenvalue weighted by molar-refractivity contribution is 0.0642. The van der Waals surface area contributed by atoms with E-state index in [2.05, 4.69) is 17.9 Å². The summed E-state index contributed by atoms with van der Waals surface area (Å²) in [4.78, 5) is 40.2. The van der Waals surface area contributed by atoms with Crippen molar-refractivity contribution in [3.8, 4) is 0 Å². The van der Waals surface area contributed by atoms with Crippen LogP contribution in [0.5, 0.6) is 0 Å². The SMILES string of the molecule is CC(C(=N)S)c1ccc(CN2C(=O)c3cccc(NC(=O)c4ccc(Cl)s4)c3C2=O)cc1. The molecular formula is C23H18ClN3O3S2. The summed E-state index contributed by atoms with van der Waals surface area (Å²) in [5.74, 6) is -1.39. The number of thiophene rings is 1. The van der Waals surface area contributed by atoms with Gasteiger partial charge in [-0.1, -0.05) is 48.9 Å². The third-order valence-electron chi connectivity index (χ3n) is 5.27. The standard InChI is InChI=1S/C23H18ClN3O3S2/c1-12(20(25)31)14-7-5-13(6-8-14)11-27-22(29)15-3-2-4-16(19(15)23(27)30)26-21(28)17-9-10-18(24)32-17/h2-10,12H,11H2,1H3,(H2,25,31)(H,26,28). The van der Waals surface area contributed by atoms with E-state index in [1.165, 1.54) is 4.90 Å². The van der Waals surface area contributed by atoms with Gasteiger partial charge in [-0.05, 0) is 35.4 Å². The van der Waals surface area contributed by atoms with Crippen LogP contribution < -0.4 is 5.32 Å². The summed E-state index contributed by atoms with van der Waals surface area (Å²) in [6, 6.07) is 15.4. The lowest BCUT2D eigenvalue weighted by Gasteiger charge is -2.15. The first-order chi connectivity index (χ1) is 15.3. The monoisotopic (exact) mass is 483 g/mol. The first-order valence-electron chi connectivity index (χ1n) is 9.68. The van der Waals surface area contributed by atoms with Gasteiger partial charge in [-0.15, -0.1) is 24.0 Å². The van der Waals surface area contributed by atoms with Gasteiger partial charge in [0.05, 0.1) is 37.6 Å². The van der Waals surface area contributed by atoms with E-state index in [9.17, 15) is 14.4 Å². The number of carbonyl (C=O) groups excluding carboxylic acids is 3. The highest BCUT2D eigenvalue weighted by Crippen LogP contribution is 2.32. The molecule has 1 aliphatic rings. The Bertz CT molecular complexity index is 1250. The first-order valence-corrected chi connectivity index (χ1v) is 11.3. The molecular weight excluding hydrogens is 466 g/mol. The summed E-state index contributed by atoms with van der Waals surface area (Å²) >= 11 is 11.1. The van der Waals surface area contributed by atoms with Gasteiger partial charge in [0.15, 0.2) is 0 Å². The molecule has 4 rings (SSSR count). The fraction of sp³-hybridized carbons (Fsp3) is 0.130. The summed E-state index contributed by atoms with van der Waals surface area (Å²) in [7, 11) is 0. The van der Waals surface area contributed by atoms with E-state index in [4.69, 9.17) is 17.0 Å². The number of hydrogen-bond donors (Lipinski definition) is 3. The predicted molar refractivity (Wildman–Crippen MR) is 129 cm³/mol. The topological polar surface area (TPSA) is 90.3 Å². The fourth-order valence-corrected chi connectivity index (χ4v) is 4.54. The molecule has 32 heavy (non-hydrogen) atoms. The largest absolute Gasteiger partial charge is 0.321 e. The van der Waals surface area contributed by atoms with Crippen molar-refractivity contribution < 1.29 is 14.4 Å². The van der Waals surface area contributed by atoms with Gasteiger partial charge >= 0.3 is 0 Å². The van der Waals surface area contributed by atoms with Gasteiger partial charge in [-0.3, -0.25) is 24.7 Å². The molecule has 1 unspecified atom stereocenters. The van der Waals surface area contributed by atoms with E-state index in [0.29, 0.717) is 9.21 Å². The molecule has 2 aromatic carbocycles. The van der Waals surface area contributed by atoms with Crippen LogP contribution in [0.3, 0.4) is 0 Å². The third kappa shape index (κ3) is 4.21. The van der Waals surface area contributed by atoms with Crippen molar-refractivity contribution >= 4 is 64.0 Å². The second kappa shape index (κ2) is 8.90. The van der Waals surface area contributed by atoms with Gasteiger partial charge < -0.3 is 5.32 Å². The number of thiol groups is 1. The Balaban J connectivity index is 1.56. The molecule has 0 aliphatic carbocycles. The van der Waals surface area contributed by atoms with Gasteiger partial charge in [-0.2, -0.15) is 0 Å². The molecule has 0 spiro atoms. The summed E-state index contributed by atoms with van der Waals surface area (Å²) in [5.41, 5.74) is 2.43. The minimum Gasteiger partial charge on any atom is -0.321 e. The average Bonchev–Trinajstić information content (AvgIpc) is 3.31. The maximum Gasteiger partial charge on any atom is 0.265 e. The van der Waals surface area contributed by atoms with Gasteiger partial charge in [0.2, 0.25) is 0 Å². The molecule has 0 radical (unpaired) electrons. The Kier molecular flexibility index (Phi) is 6.19. The van der Waals surface area contributed by atoms with Crippen molar-refractivity contribution in [1.82, 2.24) is 4.90 Å². The molecule has 2 heterocycles. The number of amides is 3. The summed E-state index contributed by atoms with van der Waals surface area (Å²) < 4.78 is 0.484. The molecule has 9 heteroatoms. The first kappa shape index (κ1) is 22.3. The smallest absolute Gasteiger partial charge is 0.265 e. The molecule has 1 aliphatic heterocycles. The van der Waals surface area contributed by atoms with Crippen LogP contribution in [0, 0.1) is 5.41 Å². The molecule has 0 bridgehead atoms. The van der Waals surface area contributed by atoms with E-state index in [-0.39, 0.29) is 34.3 Å². The Hall–Kier alpha value is -2.94. The molecule has 0 saturated heterocycles. The van der Waals surface area contributed by atoms with Crippen LogP contribution in [0.15, 0.2) is 54.6 Å². The predicted octanol–water partition coefficient (Wildman–Crippen LogP) is 5.46. The Morgan fingerprint density at radius 3 is 2.47 bits per heavy atom. The maximum atomic E-state index is 13.1. The lowest BCUT2D eigenvalue weighted by atomic mass is 10.0. The van der Waals surface area contributed by atoms with Crippen molar-refractivity contribution in [2.24, 2.45) is 0 Å². The number of hydrogen-bond acceptors (Lipinski definition) is 5. The highest BCUT2D eigenvalue weighted by atomic mass is 35.5. The highest BCUT2D eigenvalue weighted by molar-refractivity contribution is 7.97. The van der Waals surface area contributed by atoms with Crippen LogP contribution in [0.25, 0.3) is 0 Å². The zero-order valence-corrected chi connectivity index (χ0v) is 19.4. The lowest BCUT2D eigenvalue weighted by Crippen LogP contribution is -2.29. The van der Waals surface area contributed by atoms with Crippen molar-refractivity contribution in [3.05, 3.63) is 86.1 Å². The van der Waals surface area contributed by atoms with Crippen molar-refractivity contribution in [3.63, 3.8) is 0 Å². The summed E-state index contributed by atoms with van der Waals surface area (Å²) in [5, 5.41) is 10.6. The third-order valence-corrected chi connectivity index (χ3v) is 6.89. The number of anilines is 1. The van der Waals surface area contributed by atoms with Gasteiger partial charge in [-0.25, -0.2) is 0 Å². The minimum atomic E-state index is -0.459.